The van der Waals surface area contributed by atoms with E-state index in [-0.39, 0.29) is 11.3 Å². The van der Waals surface area contributed by atoms with Gasteiger partial charge >= 0.3 is 12.4 Å². The monoisotopic (exact) mass is 457 g/mol. The molecular weight excluding hydrogens is 444 g/mol. The van der Waals surface area contributed by atoms with Gasteiger partial charge < -0.3 is 5.32 Å². The Labute approximate surface area is 178 Å². The van der Waals surface area contributed by atoms with Crippen molar-refractivity contribution in [2.45, 2.75) is 19.3 Å². The molecule has 3 aromatic rings. The summed E-state index contributed by atoms with van der Waals surface area (Å²) in [5.74, 6) is -0.484. The second-order valence-corrected chi connectivity index (χ2v) is 7.11. The second kappa shape index (κ2) is 8.26. The van der Waals surface area contributed by atoms with Crippen molar-refractivity contribution in [3.63, 3.8) is 0 Å². The van der Waals surface area contributed by atoms with Crippen molar-refractivity contribution in [3.05, 3.63) is 87.9 Å². The Morgan fingerprint density at radius 2 is 1.52 bits per heavy atom. The highest BCUT2D eigenvalue weighted by molar-refractivity contribution is 6.32. The van der Waals surface area contributed by atoms with E-state index in [0.717, 1.165) is 0 Å². The molecule has 0 fully saturated rings. The van der Waals surface area contributed by atoms with Gasteiger partial charge in [0.15, 0.2) is 0 Å². The maximum atomic E-state index is 13.3. The summed E-state index contributed by atoms with van der Waals surface area (Å²) >= 11 is 5.99. The van der Waals surface area contributed by atoms with Crippen molar-refractivity contribution in [2.24, 2.45) is 0 Å². The average molecular weight is 458 g/mol. The third-order valence-corrected chi connectivity index (χ3v) is 5.03. The Balaban J connectivity index is 1.94. The molecule has 31 heavy (non-hydrogen) atoms. The van der Waals surface area contributed by atoms with Crippen molar-refractivity contribution in [3.8, 4) is 11.1 Å². The number of hydrogen-bond donors (Lipinski definition) is 1. The van der Waals surface area contributed by atoms with Gasteiger partial charge in [-0.25, -0.2) is 0 Å². The quantitative estimate of drug-likeness (QED) is 0.403. The minimum absolute atomic E-state index is 0.0737. The molecular formula is C22H14ClF6NO. The van der Waals surface area contributed by atoms with Crippen LogP contribution in [0.5, 0.6) is 0 Å². The molecule has 3 rings (SSSR count). The summed E-state index contributed by atoms with van der Waals surface area (Å²) < 4.78 is 79.0. The van der Waals surface area contributed by atoms with Crippen molar-refractivity contribution in [2.75, 3.05) is 5.32 Å². The van der Waals surface area contributed by atoms with E-state index in [1.54, 1.807) is 25.1 Å². The number of hydrogen-bond acceptors (Lipinski definition) is 1. The van der Waals surface area contributed by atoms with Crippen LogP contribution in [0.15, 0.2) is 60.7 Å². The summed E-state index contributed by atoms with van der Waals surface area (Å²) in [6.45, 7) is 1.66. The Kier molecular flexibility index (Phi) is 6.04. The lowest BCUT2D eigenvalue weighted by atomic mass is 9.96. The number of benzene rings is 3. The summed E-state index contributed by atoms with van der Waals surface area (Å²) in [7, 11) is 0. The molecule has 2 nitrogen and oxygen atoms in total. The highest BCUT2D eigenvalue weighted by atomic mass is 35.5. The number of nitrogens with one attached hydrogen (secondary N) is 1. The number of halogens is 7. The van der Waals surface area contributed by atoms with Crippen LogP contribution >= 0.6 is 11.6 Å². The van der Waals surface area contributed by atoms with E-state index >= 15 is 0 Å². The molecule has 0 aliphatic carbocycles. The highest BCUT2D eigenvalue weighted by Gasteiger charge is 2.37. The molecule has 0 saturated heterocycles. The normalized spacial score (nSPS) is 12.0. The maximum absolute atomic E-state index is 13.3. The lowest BCUT2D eigenvalue weighted by Gasteiger charge is -2.16. The summed E-state index contributed by atoms with van der Waals surface area (Å²) in [5.41, 5.74) is -1.93. The first-order valence-electron chi connectivity index (χ1n) is 8.83. The molecule has 0 heterocycles. The van der Waals surface area contributed by atoms with Gasteiger partial charge in [-0.05, 0) is 66.1 Å². The van der Waals surface area contributed by atoms with E-state index in [0.29, 0.717) is 34.3 Å². The zero-order chi connectivity index (χ0) is 23.0. The molecule has 0 saturated carbocycles. The third-order valence-electron chi connectivity index (χ3n) is 4.62. The Morgan fingerprint density at radius 1 is 0.871 bits per heavy atom. The van der Waals surface area contributed by atoms with Crippen molar-refractivity contribution < 1.29 is 31.1 Å². The first kappa shape index (κ1) is 22.7. The summed E-state index contributed by atoms with van der Waals surface area (Å²) in [5, 5.41) is 2.98. The largest absolute Gasteiger partial charge is 0.417 e. The molecule has 0 radical (unpaired) electrons. The lowest BCUT2D eigenvalue weighted by molar-refractivity contribution is -0.141. The minimum atomic E-state index is -4.84. The van der Waals surface area contributed by atoms with E-state index in [2.05, 4.69) is 5.32 Å². The number of anilines is 1. The molecule has 0 unspecified atom stereocenters. The predicted octanol–water partition coefficient (Wildman–Crippen LogP) is 7.61. The molecule has 0 atom stereocenters. The summed E-state index contributed by atoms with van der Waals surface area (Å²) in [6.07, 6.45) is -9.63. The van der Waals surface area contributed by atoms with Crippen LogP contribution in [0, 0.1) is 6.92 Å². The number of carbonyl (C=O) groups is 1. The molecule has 3 aromatic carbocycles. The van der Waals surface area contributed by atoms with Crippen molar-refractivity contribution >= 4 is 23.2 Å². The summed E-state index contributed by atoms with van der Waals surface area (Å²) in [4.78, 5) is 12.4. The highest BCUT2D eigenvalue weighted by Crippen LogP contribution is 2.40. The summed E-state index contributed by atoms with van der Waals surface area (Å²) in [6, 6.07) is 11.1. The Hall–Kier alpha value is -3.00. The van der Waals surface area contributed by atoms with Gasteiger partial charge in [-0.15, -0.1) is 0 Å². The zero-order valence-corrected chi connectivity index (χ0v) is 16.6. The van der Waals surface area contributed by atoms with Gasteiger partial charge in [-0.2, -0.15) is 26.3 Å². The molecule has 162 valence electrons. The van der Waals surface area contributed by atoms with Crippen LogP contribution in [0.4, 0.5) is 32.0 Å². The fraction of sp³-hybridized carbons (Fsp3) is 0.136. The molecule has 0 bridgehead atoms. The van der Waals surface area contributed by atoms with Gasteiger partial charge in [0.05, 0.1) is 11.1 Å². The maximum Gasteiger partial charge on any atom is 0.417 e. The van der Waals surface area contributed by atoms with Crippen LogP contribution in [0.25, 0.3) is 11.1 Å². The van der Waals surface area contributed by atoms with Crippen LogP contribution in [-0.4, -0.2) is 5.91 Å². The standard InChI is InChI=1S/C22H14ClF6NO/c1-12-16(3-2-4-19(12)23)20(31)30-15-8-5-13(6-9-15)17-11-14(21(24,25)26)7-10-18(17)22(27,28)29/h2-11H,1H3,(H,30,31). The molecule has 9 heteroatoms. The fourth-order valence-corrected chi connectivity index (χ4v) is 3.17. The van der Waals surface area contributed by atoms with E-state index < -0.39 is 35.0 Å². The Morgan fingerprint density at radius 3 is 2.10 bits per heavy atom. The second-order valence-electron chi connectivity index (χ2n) is 6.70. The number of amides is 1. The van der Waals surface area contributed by atoms with Gasteiger partial charge in [0, 0.05) is 16.3 Å². The van der Waals surface area contributed by atoms with Crippen LogP contribution in [0.1, 0.15) is 27.0 Å². The van der Waals surface area contributed by atoms with Crippen LogP contribution in [-0.2, 0) is 12.4 Å². The van der Waals surface area contributed by atoms with Gasteiger partial charge in [0.25, 0.3) is 5.91 Å². The molecule has 0 aliphatic rings. The van der Waals surface area contributed by atoms with Gasteiger partial charge in [-0.3, -0.25) is 4.79 Å². The third kappa shape index (κ3) is 5.02. The smallest absolute Gasteiger partial charge is 0.322 e. The van der Waals surface area contributed by atoms with Gasteiger partial charge in [-0.1, -0.05) is 29.8 Å². The van der Waals surface area contributed by atoms with E-state index in [1.165, 1.54) is 24.3 Å². The first-order valence-corrected chi connectivity index (χ1v) is 9.21. The van der Waals surface area contributed by atoms with Crippen molar-refractivity contribution in [1.29, 1.82) is 0 Å². The topological polar surface area (TPSA) is 29.1 Å². The molecule has 0 spiro atoms. The molecule has 1 N–H and O–H groups in total. The van der Waals surface area contributed by atoms with E-state index in [4.69, 9.17) is 11.6 Å². The molecule has 0 aliphatic heterocycles. The molecule has 0 aromatic heterocycles. The van der Waals surface area contributed by atoms with Gasteiger partial charge in [0.1, 0.15) is 0 Å². The predicted molar refractivity (Wildman–Crippen MR) is 106 cm³/mol. The van der Waals surface area contributed by atoms with E-state index in [9.17, 15) is 31.1 Å². The fourth-order valence-electron chi connectivity index (χ4n) is 2.99. The molecule has 1 amide bonds. The van der Waals surface area contributed by atoms with Crippen LogP contribution in [0.2, 0.25) is 5.02 Å². The SMILES string of the molecule is Cc1c(Cl)cccc1C(=O)Nc1ccc(-c2cc(C(F)(F)F)ccc2C(F)(F)F)cc1. The zero-order valence-electron chi connectivity index (χ0n) is 15.8. The van der Waals surface area contributed by atoms with Crippen LogP contribution < -0.4 is 5.32 Å². The minimum Gasteiger partial charge on any atom is -0.322 e. The van der Waals surface area contributed by atoms with E-state index in [1.807, 2.05) is 0 Å². The van der Waals surface area contributed by atoms with Crippen LogP contribution in [0.3, 0.4) is 0 Å². The number of alkyl halides is 6. The number of rotatable bonds is 3. The lowest BCUT2D eigenvalue weighted by Crippen LogP contribution is -2.13. The first-order chi connectivity index (χ1) is 14.4. The average Bonchev–Trinajstić information content (AvgIpc) is 2.69. The van der Waals surface area contributed by atoms with Crippen molar-refractivity contribution in [1.82, 2.24) is 0 Å². The number of carbonyl (C=O) groups excluding carboxylic acids is 1. The Bertz CT molecular complexity index is 1120. The van der Waals surface area contributed by atoms with Gasteiger partial charge in [0.2, 0.25) is 0 Å².